The molecule has 3 fully saturated rings. The summed E-state index contributed by atoms with van der Waals surface area (Å²) in [5, 5.41) is 0. The summed E-state index contributed by atoms with van der Waals surface area (Å²) in [4.78, 5) is 12.9. The van der Waals surface area contributed by atoms with Crippen LogP contribution in [0.5, 0.6) is 0 Å². The van der Waals surface area contributed by atoms with Gasteiger partial charge in [-0.2, -0.15) is 0 Å². The topological polar surface area (TPSA) is 63.2 Å². The maximum absolute atomic E-state index is 12.9. The number of Topliss-reactive ketones (excluding diaryl/α,β-unsaturated/α-hetero) is 1. The average Bonchev–Trinajstić information content (AvgIpc) is 2.96. The number of hydrogen-bond acceptors (Lipinski definition) is 6. The van der Waals surface area contributed by atoms with Gasteiger partial charge in [0.25, 0.3) is 0 Å². The van der Waals surface area contributed by atoms with Gasteiger partial charge in [-0.3, -0.25) is 4.79 Å². The Morgan fingerprint density at radius 1 is 1.04 bits per heavy atom. The second-order valence-electron chi connectivity index (χ2n) is 8.91. The summed E-state index contributed by atoms with van der Waals surface area (Å²) in [7, 11) is 0. The minimum Gasteiger partial charge on any atom is -0.469 e. The maximum atomic E-state index is 12.9. The van der Waals surface area contributed by atoms with Crippen LogP contribution >= 0.6 is 0 Å². The summed E-state index contributed by atoms with van der Waals surface area (Å²) < 4.78 is 29.9. The van der Waals surface area contributed by atoms with Crippen molar-refractivity contribution in [2.24, 2.45) is 11.3 Å². The van der Waals surface area contributed by atoms with Gasteiger partial charge in [-0.05, 0) is 19.3 Å². The van der Waals surface area contributed by atoms with Crippen LogP contribution < -0.4 is 0 Å². The molecular weight excluding hydrogens is 324 g/mol. The van der Waals surface area contributed by atoms with Gasteiger partial charge in [0.1, 0.15) is 24.1 Å². The minimum atomic E-state index is -0.676. The Labute approximate surface area is 147 Å². The van der Waals surface area contributed by atoms with Crippen molar-refractivity contribution >= 4 is 5.78 Å². The molecule has 0 aromatic rings. The number of fused-ring (bicyclic) bond motifs is 6. The van der Waals surface area contributed by atoms with E-state index in [4.69, 9.17) is 23.7 Å². The summed E-state index contributed by atoms with van der Waals surface area (Å²) in [6.45, 7) is 8.38. The fourth-order valence-electron chi connectivity index (χ4n) is 4.79. The Kier molecular flexibility index (Phi) is 3.16. The molecule has 0 aromatic carbocycles. The lowest BCUT2D eigenvalue weighted by molar-refractivity contribution is -0.226. The number of ketones is 1. The third-order valence-corrected chi connectivity index (χ3v) is 5.74. The second kappa shape index (κ2) is 4.94. The summed E-state index contributed by atoms with van der Waals surface area (Å²) in [5.74, 6) is 0.153. The maximum Gasteiger partial charge on any atom is 0.190 e. The molecule has 0 bridgehead atoms. The molecule has 5 rings (SSSR count). The van der Waals surface area contributed by atoms with E-state index in [0.717, 1.165) is 23.3 Å². The van der Waals surface area contributed by atoms with Gasteiger partial charge in [0.05, 0.1) is 12.9 Å². The monoisotopic (exact) mass is 348 g/mol. The number of carbonyl (C=O) groups is 1. The largest absolute Gasteiger partial charge is 0.469 e. The van der Waals surface area contributed by atoms with Gasteiger partial charge < -0.3 is 23.7 Å². The fourth-order valence-corrected chi connectivity index (χ4v) is 4.79. The third kappa shape index (κ3) is 2.35. The van der Waals surface area contributed by atoms with Gasteiger partial charge >= 0.3 is 0 Å². The molecule has 136 valence electrons. The molecule has 25 heavy (non-hydrogen) atoms. The van der Waals surface area contributed by atoms with E-state index in [2.05, 4.69) is 13.8 Å². The molecule has 1 aliphatic carbocycles. The van der Waals surface area contributed by atoms with E-state index in [-0.39, 0.29) is 35.4 Å². The van der Waals surface area contributed by atoms with Crippen molar-refractivity contribution in [3.05, 3.63) is 23.2 Å². The summed E-state index contributed by atoms with van der Waals surface area (Å²) in [5.41, 5.74) is 1.66. The first-order chi connectivity index (χ1) is 11.7. The van der Waals surface area contributed by atoms with Crippen LogP contribution in [0, 0.1) is 11.3 Å². The Bertz CT molecular complexity index is 703. The Hall–Kier alpha value is -1.21. The molecule has 4 heterocycles. The Morgan fingerprint density at radius 2 is 1.84 bits per heavy atom. The Morgan fingerprint density at radius 3 is 2.64 bits per heavy atom. The molecule has 0 spiro atoms. The van der Waals surface area contributed by atoms with Crippen LogP contribution in [0.4, 0.5) is 0 Å². The van der Waals surface area contributed by atoms with Crippen LogP contribution in [0.25, 0.3) is 0 Å². The molecule has 0 aromatic heterocycles. The number of rotatable bonds is 0. The normalized spacial score (nSPS) is 43.6. The first kappa shape index (κ1) is 16.0. The molecule has 0 N–H and O–H groups in total. The van der Waals surface area contributed by atoms with E-state index < -0.39 is 12.1 Å². The van der Waals surface area contributed by atoms with Crippen LogP contribution in [0.3, 0.4) is 0 Å². The molecule has 6 heteroatoms. The average molecular weight is 348 g/mol. The highest BCUT2D eigenvalue weighted by Gasteiger charge is 2.61. The molecule has 3 saturated heterocycles. The number of carbonyl (C=O) groups excluding carboxylic acids is 1. The first-order valence-corrected chi connectivity index (χ1v) is 8.99. The highest BCUT2D eigenvalue weighted by molar-refractivity contribution is 5.98. The van der Waals surface area contributed by atoms with Crippen LogP contribution in [0.1, 0.15) is 40.5 Å². The quantitative estimate of drug-likeness (QED) is 0.670. The summed E-state index contributed by atoms with van der Waals surface area (Å²) >= 11 is 0. The number of allylic oxidation sites excluding steroid dienone is 1. The van der Waals surface area contributed by atoms with E-state index in [9.17, 15) is 4.79 Å². The SMILES string of the molecule is CC1(C)CC(=O)C2=C(C1)OC=C1CO[C@@H]3[C@H](O[C@@H]4OC(C)(C)O[C@@H]43)[C@H]12. The highest BCUT2D eigenvalue weighted by Crippen LogP contribution is 2.51. The highest BCUT2D eigenvalue weighted by atomic mass is 16.8. The smallest absolute Gasteiger partial charge is 0.190 e. The van der Waals surface area contributed by atoms with Crippen LogP contribution in [-0.4, -0.2) is 42.8 Å². The van der Waals surface area contributed by atoms with E-state index in [1.807, 2.05) is 13.8 Å². The summed E-state index contributed by atoms with van der Waals surface area (Å²) in [6.07, 6.45) is 1.82. The lowest BCUT2D eigenvalue weighted by Crippen LogP contribution is -2.49. The molecule has 0 amide bonds. The zero-order valence-electron chi connectivity index (χ0n) is 15.0. The number of ether oxygens (including phenoxy) is 5. The van der Waals surface area contributed by atoms with Crippen molar-refractivity contribution in [3.8, 4) is 0 Å². The van der Waals surface area contributed by atoms with Gasteiger partial charge in [0.2, 0.25) is 0 Å². The van der Waals surface area contributed by atoms with E-state index in [0.29, 0.717) is 13.0 Å². The molecule has 5 aliphatic rings. The van der Waals surface area contributed by atoms with E-state index in [1.54, 1.807) is 6.26 Å². The fraction of sp³-hybridized carbons (Fsp3) is 0.737. The predicted molar refractivity (Wildman–Crippen MR) is 86.1 cm³/mol. The van der Waals surface area contributed by atoms with E-state index in [1.165, 1.54) is 0 Å². The lowest BCUT2D eigenvalue weighted by atomic mass is 9.69. The van der Waals surface area contributed by atoms with Crippen LogP contribution in [0.2, 0.25) is 0 Å². The van der Waals surface area contributed by atoms with Crippen LogP contribution in [0.15, 0.2) is 23.2 Å². The predicted octanol–water partition coefficient (Wildman–Crippen LogP) is 2.44. The minimum absolute atomic E-state index is 0.0743. The van der Waals surface area contributed by atoms with Crippen molar-refractivity contribution in [1.82, 2.24) is 0 Å². The third-order valence-electron chi connectivity index (χ3n) is 5.74. The molecule has 0 saturated carbocycles. The second-order valence-corrected chi connectivity index (χ2v) is 8.91. The van der Waals surface area contributed by atoms with Gasteiger partial charge in [-0.1, -0.05) is 13.8 Å². The van der Waals surface area contributed by atoms with E-state index >= 15 is 0 Å². The molecule has 0 unspecified atom stereocenters. The standard InChI is InChI=1S/C19H24O6/c1-18(2)5-10(20)13-11(6-18)21-7-9-8-22-15-14(12(9)13)23-17-16(15)24-19(3,4)25-17/h7,12,14-17H,5-6,8H2,1-4H3/t12-,14-,15-,16-,17-/m1/s1. The zero-order chi connectivity index (χ0) is 17.6. The molecule has 6 nitrogen and oxygen atoms in total. The van der Waals surface area contributed by atoms with Gasteiger partial charge in [-0.25, -0.2) is 0 Å². The Balaban J connectivity index is 1.50. The zero-order valence-corrected chi connectivity index (χ0v) is 15.0. The van der Waals surface area contributed by atoms with Crippen molar-refractivity contribution in [3.63, 3.8) is 0 Å². The number of hydrogen-bond donors (Lipinski definition) is 0. The van der Waals surface area contributed by atoms with Gasteiger partial charge in [0, 0.05) is 29.9 Å². The van der Waals surface area contributed by atoms with Crippen molar-refractivity contribution < 1.29 is 28.5 Å². The lowest BCUT2D eigenvalue weighted by Gasteiger charge is -2.43. The molecule has 0 radical (unpaired) electrons. The van der Waals surface area contributed by atoms with Gasteiger partial charge in [-0.15, -0.1) is 0 Å². The van der Waals surface area contributed by atoms with Crippen molar-refractivity contribution in [2.45, 2.75) is 70.9 Å². The van der Waals surface area contributed by atoms with Crippen molar-refractivity contribution in [2.75, 3.05) is 6.61 Å². The summed E-state index contributed by atoms with van der Waals surface area (Å²) in [6, 6.07) is 0. The molecule has 5 atom stereocenters. The van der Waals surface area contributed by atoms with Gasteiger partial charge in [0.15, 0.2) is 17.9 Å². The first-order valence-electron chi connectivity index (χ1n) is 8.99. The van der Waals surface area contributed by atoms with Crippen molar-refractivity contribution in [1.29, 1.82) is 0 Å². The molecular formula is C19H24O6. The molecule has 4 aliphatic heterocycles. The van der Waals surface area contributed by atoms with Crippen LogP contribution in [-0.2, 0) is 28.5 Å².